The standard InChI is InChI=1S/C24H30N2O4S/c1-3-29-23(27)19-13-18-21(26-24(28)30-14-16-9-5-4-6-10-16)15(2)20(25-22(18)31-19)17-11-7-8-12-17/h4-6,9-10,13,15,17,20-21,25H,3,7-8,11-12,14H2,1-2H3,(H,26,28)/t15-,20+,21?/m0/s1. The average molecular weight is 443 g/mol. The van der Waals surface area contributed by atoms with Crippen molar-refractivity contribution in [1.82, 2.24) is 5.32 Å². The molecule has 2 aliphatic rings. The van der Waals surface area contributed by atoms with Crippen LogP contribution in [0.1, 0.15) is 66.4 Å². The van der Waals surface area contributed by atoms with Gasteiger partial charge < -0.3 is 20.1 Å². The predicted octanol–water partition coefficient (Wildman–Crippen LogP) is 5.51. The first-order chi connectivity index (χ1) is 15.1. The van der Waals surface area contributed by atoms with E-state index in [1.165, 1.54) is 37.0 Å². The molecule has 4 rings (SSSR count). The second-order valence-corrected chi connectivity index (χ2v) is 9.43. The zero-order chi connectivity index (χ0) is 21.8. The summed E-state index contributed by atoms with van der Waals surface area (Å²) in [6.07, 6.45) is 4.44. The van der Waals surface area contributed by atoms with Gasteiger partial charge in [0, 0.05) is 17.5 Å². The molecule has 0 saturated heterocycles. The van der Waals surface area contributed by atoms with Crippen molar-refractivity contribution >= 4 is 28.4 Å². The number of hydrogen-bond donors (Lipinski definition) is 2. The van der Waals surface area contributed by atoms with Crippen molar-refractivity contribution in [3.05, 3.63) is 52.4 Å². The zero-order valence-corrected chi connectivity index (χ0v) is 18.9. The number of carbonyl (C=O) groups excluding carboxylic acids is 2. The van der Waals surface area contributed by atoms with E-state index in [4.69, 9.17) is 9.47 Å². The lowest BCUT2D eigenvalue weighted by Gasteiger charge is -2.40. The molecular formula is C24H30N2O4S. The molecule has 166 valence electrons. The zero-order valence-electron chi connectivity index (χ0n) is 18.1. The molecule has 6 nitrogen and oxygen atoms in total. The van der Waals surface area contributed by atoms with Crippen LogP contribution in [0.3, 0.4) is 0 Å². The fourth-order valence-corrected chi connectivity index (χ4v) is 5.84. The molecule has 0 spiro atoms. The molecule has 2 heterocycles. The van der Waals surface area contributed by atoms with Gasteiger partial charge in [0.15, 0.2) is 0 Å². The summed E-state index contributed by atoms with van der Waals surface area (Å²) in [7, 11) is 0. The Morgan fingerprint density at radius 1 is 1.16 bits per heavy atom. The van der Waals surface area contributed by atoms with Gasteiger partial charge in [0.25, 0.3) is 0 Å². The summed E-state index contributed by atoms with van der Waals surface area (Å²) < 4.78 is 10.7. The van der Waals surface area contributed by atoms with Crippen LogP contribution in [0.4, 0.5) is 9.80 Å². The lowest BCUT2D eigenvalue weighted by molar-refractivity contribution is 0.0532. The Morgan fingerprint density at radius 3 is 2.61 bits per heavy atom. The quantitative estimate of drug-likeness (QED) is 0.577. The Bertz CT molecular complexity index is 908. The molecule has 1 aromatic carbocycles. The number of anilines is 1. The molecule has 7 heteroatoms. The molecule has 1 unspecified atom stereocenters. The third-order valence-electron chi connectivity index (χ3n) is 6.36. The molecule has 0 bridgehead atoms. The summed E-state index contributed by atoms with van der Waals surface area (Å²) in [6, 6.07) is 11.5. The van der Waals surface area contributed by atoms with Crippen LogP contribution in [0.25, 0.3) is 0 Å². The molecule has 3 atom stereocenters. The molecule has 1 amide bonds. The van der Waals surface area contributed by atoms with E-state index in [0.717, 1.165) is 16.1 Å². The molecule has 2 aromatic rings. The maximum Gasteiger partial charge on any atom is 0.407 e. The first-order valence-corrected chi connectivity index (χ1v) is 11.9. The second kappa shape index (κ2) is 9.73. The smallest absolute Gasteiger partial charge is 0.407 e. The lowest BCUT2D eigenvalue weighted by atomic mass is 9.79. The first kappa shape index (κ1) is 21.7. The highest BCUT2D eigenvalue weighted by molar-refractivity contribution is 7.18. The Morgan fingerprint density at radius 2 is 1.90 bits per heavy atom. The summed E-state index contributed by atoms with van der Waals surface area (Å²) in [6.45, 7) is 4.53. The molecule has 1 fully saturated rings. The normalized spacial score (nSPS) is 23.0. The van der Waals surface area contributed by atoms with Crippen molar-refractivity contribution in [2.45, 2.75) is 58.2 Å². The largest absolute Gasteiger partial charge is 0.462 e. The van der Waals surface area contributed by atoms with Crippen LogP contribution in [0, 0.1) is 11.8 Å². The van der Waals surface area contributed by atoms with Crippen LogP contribution in [0.5, 0.6) is 0 Å². The lowest BCUT2D eigenvalue weighted by Crippen LogP contribution is -2.46. The summed E-state index contributed by atoms with van der Waals surface area (Å²) >= 11 is 1.41. The fourth-order valence-electron chi connectivity index (χ4n) is 4.79. The van der Waals surface area contributed by atoms with E-state index >= 15 is 0 Å². The Balaban J connectivity index is 1.53. The number of esters is 1. The van der Waals surface area contributed by atoms with Gasteiger partial charge in [-0.15, -0.1) is 11.3 Å². The van der Waals surface area contributed by atoms with E-state index in [1.807, 2.05) is 36.4 Å². The summed E-state index contributed by atoms with van der Waals surface area (Å²) in [5.74, 6) is 0.421. The van der Waals surface area contributed by atoms with Crippen LogP contribution >= 0.6 is 11.3 Å². The molecule has 1 aliphatic carbocycles. The minimum absolute atomic E-state index is 0.171. The number of carbonyl (C=O) groups is 2. The molecule has 1 aromatic heterocycles. The number of alkyl carbamates (subject to hydrolysis) is 1. The third kappa shape index (κ3) is 4.87. The van der Waals surface area contributed by atoms with Crippen LogP contribution in [-0.4, -0.2) is 24.7 Å². The van der Waals surface area contributed by atoms with Crippen molar-refractivity contribution < 1.29 is 19.1 Å². The predicted molar refractivity (Wildman–Crippen MR) is 121 cm³/mol. The number of amides is 1. The highest BCUT2D eigenvalue weighted by Crippen LogP contribution is 2.46. The van der Waals surface area contributed by atoms with Crippen LogP contribution < -0.4 is 10.6 Å². The minimum Gasteiger partial charge on any atom is -0.462 e. The van der Waals surface area contributed by atoms with Gasteiger partial charge in [0.2, 0.25) is 0 Å². The van der Waals surface area contributed by atoms with Gasteiger partial charge >= 0.3 is 12.1 Å². The maximum atomic E-state index is 12.7. The van der Waals surface area contributed by atoms with Crippen molar-refractivity contribution in [1.29, 1.82) is 0 Å². The van der Waals surface area contributed by atoms with Crippen LogP contribution in [0.15, 0.2) is 36.4 Å². The highest BCUT2D eigenvalue weighted by Gasteiger charge is 2.41. The Labute approximate surface area is 187 Å². The van der Waals surface area contributed by atoms with Crippen LogP contribution in [-0.2, 0) is 16.1 Å². The van der Waals surface area contributed by atoms with E-state index in [0.29, 0.717) is 17.4 Å². The minimum atomic E-state index is -0.442. The molecule has 1 aliphatic heterocycles. The van der Waals surface area contributed by atoms with E-state index in [1.54, 1.807) is 6.92 Å². The second-order valence-electron chi connectivity index (χ2n) is 8.37. The van der Waals surface area contributed by atoms with Gasteiger partial charge in [0.1, 0.15) is 11.5 Å². The van der Waals surface area contributed by atoms with Crippen molar-refractivity contribution in [3.63, 3.8) is 0 Å². The SMILES string of the molecule is CCOC(=O)c1cc2c(s1)N[C@@H](C1CCCC1)[C@H](C)C2NC(=O)OCc1ccccc1. The Kier molecular flexibility index (Phi) is 6.80. The number of thiophene rings is 1. The van der Waals surface area contributed by atoms with Gasteiger partial charge in [-0.2, -0.15) is 0 Å². The number of nitrogens with one attached hydrogen (secondary N) is 2. The molecular weight excluding hydrogens is 412 g/mol. The summed E-state index contributed by atoms with van der Waals surface area (Å²) in [5.41, 5.74) is 1.88. The number of fused-ring (bicyclic) bond motifs is 1. The molecule has 0 radical (unpaired) electrons. The topological polar surface area (TPSA) is 76.7 Å². The maximum absolute atomic E-state index is 12.7. The fraction of sp³-hybridized carbons (Fsp3) is 0.500. The molecule has 2 N–H and O–H groups in total. The van der Waals surface area contributed by atoms with Gasteiger partial charge in [-0.25, -0.2) is 9.59 Å². The molecule has 1 saturated carbocycles. The van der Waals surface area contributed by atoms with Crippen LogP contribution in [0.2, 0.25) is 0 Å². The highest BCUT2D eigenvalue weighted by atomic mass is 32.1. The number of ether oxygens (including phenoxy) is 2. The van der Waals surface area contributed by atoms with E-state index < -0.39 is 6.09 Å². The summed E-state index contributed by atoms with van der Waals surface area (Å²) in [5, 5.41) is 7.72. The van der Waals surface area contributed by atoms with Gasteiger partial charge in [-0.3, -0.25) is 0 Å². The number of benzene rings is 1. The first-order valence-electron chi connectivity index (χ1n) is 11.1. The van der Waals surface area contributed by atoms with Crippen molar-refractivity contribution in [2.24, 2.45) is 11.8 Å². The number of hydrogen-bond acceptors (Lipinski definition) is 6. The summed E-state index contributed by atoms with van der Waals surface area (Å²) in [4.78, 5) is 25.5. The number of rotatable bonds is 6. The van der Waals surface area contributed by atoms with E-state index in [2.05, 4.69) is 17.6 Å². The van der Waals surface area contributed by atoms with Crippen molar-refractivity contribution in [2.75, 3.05) is 11.9 Å². The average Bonchev–Trinajstić information content (AvgIpc) is 3.45. The van der Waals surface area contributed by atoms with Gasteiger partial charge in [-0.1, -0.05) is 50.1 Å². The van der Waals surface area contributed by atoms with Gasteiger partial charge in [0.05, 0.1) is 17.6 Å². The Hall–Kier alpha value is -2.54. The monoisotopic (exact) mass is 442 g/mol. The van der Waals surface area contributed by atoms with E-state index in [9.17, 15) is 9.59 Å². The van der Waals surface area contributed by atoms with E-state index in [-0.39, 0.29) is 30.6 Å². The van der Waals surface area contributed by atoms with Gasteiger partial charge in [-0.05, 0) is 37.3 Å². The van der Waals surface area contributed by atoms with Crippen molar-refractivity contribution in [3.8, 4) is 0 Å². The third-order valence-corrected chi connectivity index (χ3v) is 7.42. The molecule has 31 heavy (non-hydrogen) atoms.